The van der Waals surface area contributed by atoms with Crippen LogP contribution in [0.4, 0.5) is 0 Å². The maximum absolute atomic E-state index is 10.6. The van der Waals surface area contributed by atoms with Gasteiger partial charge in [0.1, 0.15) is 0 Å². The highest BCUT2D eigenvalue weighted by Crippen LogP contribution is 2.18. The maximum atomic E-state index is 10.6. The molecule has 0 atom stereocenters. The van der Waals surface area contributed by atoms with Crippen molar-refractivity contribution in [1.82, 2.24) is 0 Å². The largest absolute Gasteiger partial charge is 0.481 e. The summed E-state index contributed by atoms with van der Waals surface area (Å²) in [4.78, 5) is 10.6. The molecule has 0 bridgehead atoms. The van der Waals surface area contributed by atoms with Gasteiger partial charge in [-0.3, -0.25) is 4.79 Å². The Hall–Kier alpha value is -0.870. The van der Waals surface area contributed by atoms with Gasteiger partial charge in [0.2, 0.25) is 0 Å². The number of benzene rings is 1. The summed E-state index contributed by atoms with van der Waals surface area (Å²) in [5, 5.41) is 8.75. The van der Waals surface area contributed by atoms with Crippen LogP contribution in [0.5, 0.6) is 0 Å². The minimum absolute atomic E-state index is 0.0296. The second-order valence-electron chi connectivity index (χ2n) is 3.12. The number of hydrogen-bond donors (Lipinski definition) is 1. The molecule has 82 valence electrons. The lowest BCUT2D eigenvalue weighted by Crippen LogP contribution is -2.05. The summed E-state index contributed by atoms with van der Waals surface area (Å²) in [6, 6.07) is 5.60. The molecule has 0 aromatic heterocycles. The fraction of sp³-hybridized carbons (Fsp3) is 0.364. The normalized spacial score (nSPS) is 10.3. The van der Waals surface area contributed by atoms with Crippen LogP contribution in [0.2, 0.25) is 0 Å². The van der Waals surface area contributed by atoms with Crippen molar-refractivity contribution in [2.45, 2.75) is 20.0 Å². The fourth-order valence-electron chi connectivity index (χ4n) is 1.27. The summed E-state index contributed by atoms with van der Waals surface area (Å²) in [5.74, 6) is -0.828. The molecular formula is C11H13BrO3. The Morgan fingerprint density at radius 1 is 1.47 bits per heavy atom. The van der Waals surface area contributed by atoms with Crippen molar-refractivity contribution < 1.29 is 14.6 Å². The molecule has 0 heterocycles. The molecule has 0 aliphatic rings. The first-order chi connectivity index (χ1) is 7.13. The van der Waals surface area contributed by atoms with Crippen molar-refractivity contribution in [3.8, 4) is 0 Å². The van der Waals surface area contributed by atoms with Crippen molar-refractivity contribution in [3.63, 3.8) is 0 Å². The lowest BCUT2D eigenvalue weighted by molar-refractivity contribution is -0.136. The van der Waals surface area contributed by atoms with Crippen LogP contribution in [-0.4, -0.2) is 17.7 Å². The van der Waals surface area contributed by atoms with Gasteiger partial charge in [-0.2, -0.15) is 0 Å². The molecule has 1 aromatic carbocycles. The Bertz CT molecular complexity index is 350. The molecule has 0 aliphatic heterocycles. The Labute approximate surface area is 97.2 Å². The molecule has 0 saturated heterocycles. The van der Waals surface area contributed by atoms with Crippen LogP contribution in [0.25, 0.3) is 0 Å². The molecule has 0 saturated carbocycles. The van der Waals surface area contributed by atoms with Crippen molar-refractivity contribution in [3.05, 3.63) is 33.8 Å². The van der Waals surface area contributed by atoms with E-state index in [4.69, 9.17) is 9.84 Å². The van der Waals surface area contributed by atoms with Gasteiger partial charge >= 0.3 is 5.97 Å². The molecular weight excluding hydrogens is 260 g/mol. The minimum Gasteiger partial charge on any atom is -0.481 e. The van der Waals surface area contributed by atoms with Gasteiger partial charge in [0, 0.05) is 11.1 Å². The molecule has 1 rings (SSSR count). The van der Waals surface area contributed by atoms with E-state index in [2.05, 4.69) is 15.9 Å². The van der Waals surface area contributed by atoms with E-state index >= 15 is 0 Å². The lowest BCUT2D eigenvalue weighted by Gasteiger charge is -2.08. The number of carbonyl (C=O) groups is 1. The summed E-state index contributed by atoms with van der Waals surface area (Å²) >= 11 is 3.32. The summed E-state index contributed by atoms with van der Waals surface area (Å²) in [6.45, 7) is 3.00. The highest BCUT2D eigenvalue weighted by atomic mass is 79.9. The third-order valence-electron chi connectivity index (χ3n) is 1.97. The molecule has 0 unspecified atom stereocenters. The quantitative estimate of drug-likeness (QED) is 0.897. The molecule has 1 aromatic rings. The number of rotatable bonds is 5. The molecule has 0 fully saturated rings. The number of hydrogen-bond acceptors (Lipinski definition) is 2. The topological polar surface area (TPSA) is 46.5 Å². The first-order valence-corrected chi connectivity index (χ1v) is 5.49. The molecule has 3 nitrogen and oxygen atoms in total. The summed E-state index contributed by atoms with van der Waals surface area (Å²) in [5.41, 5.74) is 1.73. The molecule has 4 heteroatoms. The predicted molar refractivity (Wildman–Crippen MR) is 60.8 cm³/mol. The van der Waals surface area contributed by atoms with E-state index in [1.165, 1.54) is 0 Å². The Balaban J connectivity index is 2.87. The Morgan fingerprint density at radius 2 is 2.20 bits per heavy atom. The van der Waals surface area contributed by atoms with Crippen LogP contribution in [0, 0.1) is 0 Å². The molecule has 0 aliphatic carbocycles. The van der Waals surface area contributed by atoms with Gasteiger partial charge in [-0.1, -0.05) is 22.0 Å². The zero-order valence-corrected chi connectivity index (χ0v) is 10.1. The number of ether oxygens (including phenoxy) is 1. The van der Waals surface area contributed by atoms with Crippen molar-refractivity contribution >= 4 is 21.9 Å². The summed E-state index contributed by atoms with van der Waals surface area (Å²) in [6.07, 6.45) is 0.0296. The van der Waals surface area contributed by atoms with Gasteiger partial charge in [-0.15, -0.1) is 0 Å². The van der Waals surface area contributed by atoms with Crippen molar-refractivity contribution in [2.75, 3.05) is 6.61 Å². The van der Waals surface area contributed by atoms with E-state index in [1.54, 1.807) is 0 Å². The third-order valence-corrected chi connectivity index (χ3v) is 2.46. The van der Waals surface area contributed by atoms with Gasteiger partial charge in [0.15, 0.2) is 0 Å². The van der Waals surface area contributed by atoms with Crippen LogP contribution in [0.1, 0.15) is 18.1 Å². The average Bonchev–Trinajstić information content (AvgIpc) is 2.16. The smallest absolute Gasteiger partial charge is 0.307 e. The summed E-state index contributed by atoms with van der Waals surface area (Å²) < 4.78 is 6.16. The van der Waals surface area contributed by atoms with E-state index in [0.717, 1.165) is 15.6 Å². The third kappa shape index (κ3) is 4.01. The Kier molecular flexibility index (Phi) is 4.78. The van der Waals surface area contributed by atoms with E-state index in [9.17, 15) is 4.79 Å². The Morgan fingerprint density at radius 3 is 2.80 bits per heavy atom. The fourth-order valence-corrected chi connectivity index (χ4v) is 1.68. The van der Waals surface area contributed by atoms with Crippen LogP contribution >= 0.6 is 15.9 Å². The molecule has 0 radical (unpaired) electrons. The number of aliphatic carboxylic acids is 1. The molecule has 0 amide bonds. The minimum atomic E-state index is -0.828. The number of carboxylic acid groups (broad SMARTS) is 1. The van der Waals surface area contributed by atoms with Gasteiger partial charge in [-0.05, 0) is 30.2 Å². The zero-order valence-electron chi connectivity index (χ0n) is 8.50. The first kappa shape index (κ1) is 12.2. The average molecular weight is 273 g/mol. The van der Waals surface area contributed by atoms with Crippen LogP contribution < -0.4 is 0 Å². The summed E-state index contributed by atoms with van der Waals surface area (Å²) in [7, 11) is 0. The molecule has 15 heavy (non-hydrogen) atoms. The van der Waals surface area contributed by atoms with E-state index in [0.29, 0.717) is 13.2 Å². The van der Waals surface area contributed by atoms with E-state index in [1.807, 2.05) is 25.1 Å². The van der Waals surface area contributed by atoms with E-state index in [-0.39, 0.29) is 6.42 Å². The number of halogens is 1. The van der Waals surface area contributed by atoms with E-state index < -0.39 is 5.97 Å². The first-order valence-electron chi connectivity index (χ1n) is 4.70. The van der Waals surface area contributed by atoms with Gasteiger partial charge in [0.05, 0.1) is 13.0 Å². The van der Waals surface area contributed by atoms with Crippen molar-refractivity contribution in [2.24, 2.45) is 0 Å². The zero-order chi connectivity index (χ0) is 11.3. The second-order valence-corrected chi connectivity index (χ2v) is 4.04. The molecule has 1 N–H and O–H groups in total. The van der Waals surface area contributed by atoms with Gasteiger partial charge < -0.3 is 9.84 Å². The standard InChI is InChI=1S/C11H13BrO3/c1-2-15-7-8-3-4-10(12)5-9(8)6-11(13)14/h3-5H,2,6-7H2,1H3,(H,13,14). The molecule has 0 spiro atoms. The van der Waals surface area contributed by atoms with Gasteiger partial charge in [-0.25, -0.2) is 0 Å². The van der Waals surface area contributed by atoms with Crippen molar-refractivity contribution in [1.29, 1.82) is 0 Å². The predicted octanol–water partition coefficient (Wildman–Crippen LogP) is 2.61. The van der Waals surface area contributed by atoms with Crippen LogP contribution in [-0.2, 0) is 22.6 Å². The highest BCUT2D eigenvalue weighted by Gasteiger charge is 2.07. The van der Waals surface area contributed by atoms with Gasteiger partial charge in [0.25, 0.3) is 0 Å². The highest BCUT2D eigenvalue weighted by molar-refractivity contribution is 9.10. The van der Waals surface area contributed by atoms with Crippen LogP contribution in [0.3, 0.4) is 0 Å². The monoisotopic (exact) mass is 272 g/mol. The second kappa shape index (κ2) is 5.88. The maximum Gasteiger partial charge on any atom is 0.307 e. The SMILES string of the molecule is CCOCc1ccc(Br)cc1CC(=O)O. The van der Waals surface area contributed by atoms with Crippen LogP contribution in [0.15, 0.2) is 22.7 Å². The number of carboxylic acids is 1. The lowest BCUT2D eigenvalue weighted by atomic mass is 10.1.